The molecule has 4 heterocycles. The smallest absolute Gasteiger partial charge is 0.320 e. The molecule has 0 fully saturated rings. The van der Waals surface area contributed by atoms with E-state index in [1.807, 2.05) is 0 Å². The van der Waals surface area contributed by atoms with E-state index in [0.29, 0.717) is 22.6 Å². The molecule has 13 heteroatoms. The topological polar surface area (TPSA) is 128 Å². The summed E-state index contributed by atoms with van der Waals surface area (Å²) in [7, 11) is 0. The van der Waals surface area contributed by atoms with Crippen LogP contribution in [0.15, 0.2) is 49.2 Å². The predicted molar refractivity (Wildman–Crippen MR) is 109 cm³/mol. The van der Waals surface area contributed by atoms with E-state index in [-0.39, 0.29) is 11.0 Å². The fraction of sp³-hybridized carbons (Fsp3) is 0.118. The first-order chi connectivity index (χ1) is 14.5. The molecule has 30 heavy (non-hydrogen) atoms. The largest absolute Gasteiger partial charge is 0.328 e. The van der Waals surface area contributed by atoms with Crippen molar-refractivity contribution in [2.75, 3.05) is 5.32 Å². The molecule has 11 nitrogen and oxygen atoms in total. The Morgan fingerprint density at radius 2 is 1.83 bits per heavy atom. The van der Waals surface area contributed by atoms with E-state index in [0.717, 1.165) is 0 Å². The quantitative estimate of drug-likeness (QED) is 0.483. The molecule has 0 saturated carbocycles. The minimum absolute atomic E-state index is 0.168. The second-order valence-corrected chi connectivity index (χ2v) is 6.77. The average molecular weight is 445 g/mol. The van der Waals surface area contributed by atoms with Crippen LogP contribution in [0.25, 0.3) is 11.8 Å². The Bertz CT molecular complexity index is 1180. The highest BCUT2D eigenvalue weighted by atomic mass is 35.5. The lowest BCUT2D eigenvalue weighted by Gasteiger charge is -2.15. The second kappa shape index (κ2) is 8.43. The van der Waals surface area contributed by atoms with Crippen molar-refractivity contribution in [1.82, 2.24) is 44.8 Å². The van der Waals surface area contributed by atoms with Gasteiger partial charge >= 0.3 is 6.03 Å². The molecule has 1 atom stereocenters. The zero-order chi connectivity index (χ0) is 21.1. The maximum atomic E-state index is 12.6. The highest BCUT2D eigenvalue weighted by Gasteiger charge is 2.20. The minimum atomic E-state index is -0.518. The van der Waals surface area contributed by atoms with Gasteiger partial charge in [-0.1, -0.05) is 23.2 Å². The summed E-state index contributed by atoms with van der Waals surface area (Å²) in [6.45, 7) is 1.75. The van der Waals surface area contributed by atoms with E-state index in [1.54, 1.807) is 43.7 Å². The summed E-state index contributed by atoms with van der Waals surface area (Å²) in [4.78, 5) is 29.3. The van der Waals surface area contributed by atoms with Crippen LogP contribution < -0.4 is 10.6 Å². The zero-order valence-corrected chi connectivity index (χ0v) is 16.9. The van der Waals surface area contributed by atoms with Gasteiger partial charge in [0.1, 0.15) is 12.1 Å². The molecule has 4 rings (SSSR count). The Morgan fingerprint density at radius 3 is 2.60 bits per heavy atom. The fourth-order valence-corrected chi connectivity index (χ4v) is 3.03. The lowest BCUT2D eigenvalue weighted by atomic mass is 10.3. The van der Waals surface area contributed by atoms with Gasteiger partial charge in [-0.05, 0) is 25.1 Å². The molecule has 0 unspecified atom stereocenters. The summed E-state index contributed by atoms with van der Waals surface area (Å²) < 4.78 is 2.79. The Hall–Kier alpha value is -3.57. The van der Waals surface area contributed by atoms with Crippen LogP contribution in [0.5, 0.6) is 0 Å². The van der Waals surface area contributed by atoms with Crippen LogP contribution in [-0.4, -0.2) is 45.5 Å². The lowest BCUT2D eigenvalue weighted by Crippen LogP contribution is -2.33. The van der Waals surface area contributed by atoms with Gasteiger partial charge in [-0.3, -0.25) is 5.32 Å². The molecular formula is C17H14Cl2N10O. The Balaban J connectivity index is 1.52. The van der Waals surface area contributed by atoms with Crippen LogP contribution in [0, 0.1) is 0 Å². The standard InChI is InChI=1S/C17H14Cl2N10O/c1-10(14-23-9-24-29(14)16-21-6-3-7-22-16)25-17(30)26-13-8-12(19)27-28(13)15-11(18)4-2-5-20-15/h2-10H,1H3,(H2,25,26,30)/t10-/m0/s1. The summed E-state index contributed by atoms with van der Waals surface area (Å²) in [5, 5.41) is 14.2. The van der Waals surface area contributed by atoms with E-state index in [2.05, 4.69) is 40.8 Å². The van der Waals surface area contributed by atoms with Crippen molar-refractivity contribution in [3.63, 3.8) is 0 Å². The Morgan fingerprint density at radius 1 is 1.07 bits per heavy atom. The molecule has 0 saturated heterocycles. The van der Waals surface area contributed by atoms with Gasteiger partial charge in [0.2, 0.25) is 0 Å². The van der Waals surface area contributed by atoms with Crippen LogP contribution in [0.3, 0.4) is 0 Å². The number of hydrogen-bond acceptors (Lipinski definition) is 7. The van der Waals surface area contributed by atoms with Crippen LogP contribution >= 0.6 is 23.2 Å². The van der Waals surface area contributed by atoms with Crippen LogP contribution in [0.1, 0.15) is 18.8 Å². The summed E-state index contributed by atoms with van der Waals surface area (Å²) in [6, 6.07) is 5.49. The first-order valence-corrected chi connectivity index (χ1v) is 9.40. The van der Waals surface area contributed by atoms with Crippen molar-refractivity contribution in [1.29, 1.82) is 0 Å². The summed E-state index contributed by atoms with van der Waals surface area (Å²) >= 11 is 12.2. The van der Waals surface area contributed by atoms with Crippen molar-refractivity contribution in [2.24, 2.45) is 0 Å². The van der Waals surface area contributed by atoms with Crippen LogP contribution in [0.4, 0.5) is 10.6 Å². The summed E-state index contributed by atoms with van der Waals surface area (Å²) in [6.07, 6.45) is 6.10. The second-order valence-electron chi connectivity index (χ2n) is 5.97. The monoisotopic (exact) mass is 444 g/mol. The number of urea groups is 1. The van der Waals surface area contributed by atoms with Crippen molar-refractivity contribution in [3.05, 3.63) is 65.2 Å². The number of aromatic nitrogens is 8. The number of anilines is 1. The molecule has 2 amide bonds. The van der Waals surface area contributed by atoms with Gasteiger partial charge in [-0.25, -0.2) is 24.7 Å². The third-order valence-corrected chi connectivity index (χ3v) is 4.39. The van der Waals surface area contributed by atoms with Crippen molar-refractivity contribution >= 4 is 35.1 Å². The Kier molecular flexibility index (Phi) is 5.55. The number of pyridine rings is 1. The molecule has 0 aliphatic carbocycles. The van der Waals surface area contributed by atoms with Crippen molar-refractivity contribution in [3.8, 4) is 11.8 Å². The summed E-state index contributed by atoms with van der Waals surface area (Å²) in [5.41, 5.74) is 0. The van der Waals surface area contributed by atoms with E-state index >= 15 is 0 Å². The third kappa shape index (κ3) is 4.07. The fourth-order valence-electron chi connectivity index (χ4n) is 2.65. The van der Waals surface area contributed by atoms with Gasteiger partial charge in [0.05, 0.1) is 11.1 Å². The first-order valence-electron chi connectivity index (χ1n) is 8.64. The summed E-state index contributed by atoms with van der Waals surface area (Å²) in [5.74, 6) is 1.41. The van der Waals surface area contributed by atoms with E-state index in [9.17, 15) is 4.79 Å². The van der Waals surface area contributed by atoms with Gasteiger partial charge in [0.15, 0.2) is 16.8 Å². The van der Waals surface area contributed by atoms with Crippen molar-refractivity contribution < 1.29 is 4.79 Å². The number of nitrogens with one attached hydrogen (secondary N) is 2. The molecule has 0 bridgehead atoms. The Labute approximate surface area is 180 Å². The number of nitrogens with zero attached hydrogens (tertiary/aromatic N) is 8. The van der Waals surface area contributed by atoms with Gasteiger partial charge in [0.25, 0.3) is 5.95 Å². The molecule has 0 aliphatic rings. The number of rotatable bonds is 5. The van der Waals surface area contributed by atoms with Crippen LogP contribution in [-0.2, 0) is 0 Å². The normalized spacial score (nSPS) is 11.8. The average Bonchev–Trinajstić information content (AvgIpc) is 3.36. The van der Waals surface area contributed by atoms with E-state index < -0.39 is 12.1 Å². The van der Waals surface area contributed by atoms with Crippen molar-refractivity contribution in [2.45, 2.75) is 13.0 Å². The van der Waals surface area contributed by atoms with E-state index in [4.69, 9.17) is 23.2 Å². The molecule has 0 aromatic carbocycles. The molecule has 2 N–H and O–H groups in total. The van der Waals surface area contributed by atoms with Gasteiger partial charge in [-0.2, -0.15) is 19.6 Å². The molecule has 4 aromatic heterocycles. The molecule has 152 valence electrons. The van der Waals surface area contributed by atoms with Gasteiger partial charge < -0.3 is 5.32 Å². The predicted octanol–water partition coefficient (Wildman–Crippen LogP) is 2.83. The highest BCUT2D eigenvalue weighted by molar-refractivity contribution is 6.32. The maximum absolute atomic E-state index is 12.6. The van der Waals surface area contributed by atoms with E-state index in [1.165, 1.54) is 21.8 Å². The molecule has 0 spiro atoms. The minimum Gasteiger partial charge on any atom is -0.328 e. The van der Waals surface area contributed by atoms with Gasteiger partial charge in [0, 0.05) is 24.7 Å². The number of carbonyl (C=O) groups is 1. The number of halogens is 2. The maximum Gasteiger partial charge on any atom is 0.320 e. The van der Waals surface area contributed by atoms with Gasteiger partial charge in [-0.15, -0.1) is 0 Å². The zero-order valence-electron chi connectivity index (χ0n) is 15.4. The molecule has 4 aromatic rings. The van der Waals surface area contributed by atoms with Crippen LogP contribution in [0.2, 0.25) is 10.2 Å². The third-order valence-electron chi connectivity index (χ3n) is 3.91. The number of amides is 2. The molecule has 0 aliphatic heterocycles. The highest BCUT2D eigenvalue weighted by Crippen LogP contribution is 2.24. The number of carbonyl (C=O) groups excluding carboxylic acids is 1. The molecular weight excluding hydrogens is 431 g/mol. The lowest BCUT2D eigenvalue weighted by molar-refractivity contribution is 0.248. The molecule has 0 radical (unpaired) electrons. The first kappa shape index (κ1) is 19.7. The SMILES string of the molecule is C[C@H](NC(=O)Nc1cc(Cl)nn1-c1ncccc1Cl)c1ncnn1-c1ncccn1. The number of hydrogen-bond donors (Lipinski definition) is 2.